The third-order valence-electron chi connectivity index (χ3n) is 5.78. The number of hydrogen-bond acceptors (Lipinski definition) is 4. The lowest BCUT2D eigenvalue weighted by molar-refractivity contribution is -0.123. The van der Waals surface area contributed by atoms with Crippen LogP contribution >= 0.6 is 0 Å². The average molecular weight is 464 g/mol. The second-order valence-electron chi connectivity index (χ2n) is 8.15. The van der Waals surface area contributed by atoms with Crippen LogP contribution in [0.3, 0.4) is 0 Å². The van der Waals surface area contributed by atoms with Gasteiger partial charge < -0.3 is 4.74 Å². The minimum atomic E-state index is -0.500. The molecule has 5 nitrogen and oxygen atoms in total. The minimum Gasteiger partial charge on any atom is -0.488 e. The topological polar surface area (TPSA) is 59.0 Å². The summed E-state index contributed by atoms with van der Waals surface area (Å²) in [4.78, 5) is 26.1. The first kappa shape index (κ1) is 22.2. The van der Waals surface area contributed by atoms with Crippen LogP contribution in [0.1, 0.15) is 28.4 Å². The maximum atomic E-state index is 13.6. The lowest BCUT2D eigenvalue weighted by atomic mass is 9.99. The number of benzene rings is 4. The molecule has 5 rings (SSSR count). The Morgan fingerprint density at radius 3 is 2.54 bits per heavy atom. The van der Waals surface area contributed by atoms with Gasteiger partial charge in [-0.05, 0) is 59.7 Å². The molecular formula is C29H21FN2O3. The van der Waals surface area contributed by atoms with E-state index in [0.717, 1.165) is 15.8 Å². The van der Waals surface area contributed by atoms with E-state index in [9.17, 15) is 14.0 Å². The molecule has 1 aliphatic heterocycles. The van der Waals surface area contributed by atoms with Gasteiger partial charge in [-0.15, -0.1) is 0 Å². The number of hydrogen-bond donors (Lipinski definition) is 0. The van der Waals surface area contributed by atoms with Gasteiger partial charge >= 0.3 is 0 Å². The molecule has 1 aliphatic rings. The lowest BCUT2D eigenvalue weighted by Crippen LogP contribution is -2.29. The van der Waals surface area contributed by atoms with Gasteiger partial charge in [-0.3, -0.25) is 9.59 Å². The highest BCUT2D eigenvalue weighted by Gasteiger charge is 2.33. The first-order chi connectivity index (χ1) is 17.0. The van der Waals surface area contributed by atoms with Gasteiger partial charge in [0.1, 0.15) is 18.2 Å². The van der Waals surface area contributed by atoms with E-state index in [-0.39, 0.29) is 12.4 Å². The molecule has 4 aromatic carbocycles. The van der Waals surface area contributed by atoms with Gasteiger partial charge in [0.2, 0.25) is 0 Å². The third kappa shape index (κ3) is 4.46. The number of imide groups is 1. The second-order valence-corrected chi connectivity index (χ2v) is 8.15. The van der Waals surface area contributed by atoms with Crippen LogP contribution in [0, 0.1) is 5.82 Å². The van der Waals surface area contributed by atoms with Crippen molar-refractivity contribution in [2.75, 3.05) is 0 Å². The fourth-order valence-corrected chi connectivity index (χ4v) is 4.01. The summed E-state index contributed by atoms with van der Waals surface area (Å²) in [5, 5.41) is 6.98. The van der Waals surface area contributed by atoms with Gasteiger partial charge in [-0.2, -0.15) is 10.1 Å². The van der Waals surface area contributed by atoms with E-state index in [4.69, 9.17) is 4.74 Å². The first-order valence-corrected chi connectivity index (χ1v) is 11.1. The molecule has 0 N–H and O–H groups in total. The van der Waals surface area contributed by atoms with Crippen LogP contribution in [-0.4, -0.2) is 22.5 Å². The second kappa shape index (κ2) is 9.35. The van der Waals surface area contributed by atoms with Gasteiger partial charge in [0.25, 0.3) is 11.8 Å². The van der Waals surface area contributed by atoms with Crippen LogP contribution in [-0.2, 0) is 11.4 Å². The van der Waals surface area contributed by atoms with Crippen molar-refractivity contribution in [3.05, 3.63) is 119 Å². The third-order valence-corrected chi connectivity index (χ3v) is 5.78. The minimum absolute atomic E-state index is 0.159. The maximum absolute atomic E-state index is 13.6. The van der Waals surface area contributed by atoms with Crippen molar-refractivity contribution < 1.29 is 18.7 Å². The summed E-state index contributed by atoms with van der Waals surface area (Å²) in [6.07, 6.45) is 1.71. The van der Waals surface area contributed by atoms with E-state index in [2.05, 4.69) is 5.10 Å². The molecule has 0 unspecified atom stereocenters. The molecule has 0 saturated carbocycles. The highest BCUT2D eigenvalue weighted by atomic mass is 19.1. The molecule has 0 bridgehead atoms. The molecule has 0 aromatic heterocycles. The average Bonchev–Trinajstić information content (AvgIpc) is 3.16. The Morgan fingerprint density at radius 1 is 0.971 bits per heavy atom. The number of carbonyl (C=O) groups is 2. The van der Waals surface area contributed by atoms with E-state index >= 15 is 0 Å². The Labute approximate surface area is 201 Å². The van der Waals surface area contributed by atoms with Crippen LogP contribution in [0.4, 0.5) is 4.39 Å². The van der Waals surface area contributed by atoms with E-state index in [1.165, 1.54) is 12.1 Å². The predicted octanol–water partition coefficient (Wildman–Crippen LogP) is 6.00. The molecule has 1 heterocycles. The van der Waals surface area contributed by atoms with Gasteiger partial charge in [-0.25, -0.2) is 4.39 Å². The monoisotopic (exact) mass is 464 g/mol. The Morgan fingerprint density at radius 2 is 1.74 bits per heavy atom. The van der Waals surface area contributed by atoms with Crippen LogP contribution < -0.4 is 4.74 Å². The van der Waals surface area contributed by atoms with Crippen molar-refractivity contribution in [1.82, 2.24) is 5.01 Å². The summed E-state index contributed by atoms with van der Waals surface area (Å²) < 4.78 is 19.7. The van der Waals surface area contributed by atoms with E-state index in [1.54, 1.807) is 55.5 Å². The number of hydrazone groups is 1. The number of rotatable bonds is 5. The van der Waals surface area contributed by atoms with Crippen LogP contribution in [0.25, 0.3) is 16.8 Å². The fraction of sp³-hybridized carbons (Fsp3) is 0.0690. The predicted molar refractivity (Wildman–Crippen MR) is 133 cm³/mol. The number of carbonyl (C=O) groups excluding carboxylic acids is 2. The largest absolute Gasteiger partial charge is 0.488 e. The smallest absolute Gasteiger partial charge is 0.283 e. The summed E-state index contributed by atoms with van der Waals surface area (Å²) in [7, 11) is 0. The zero-order valence-corrected chi connectivity index (χ0v) is 18.9. The SMILES string of the molecule is CC1=NN(C(=O)c2ccccc2)C(=O)/C1=C/c1c(OCc2cccc(F)c2)ccc2ccccc12. The number of ether oxygens (including phenoxy) is 1. The van der Waals surface area contributed by atoms with Gasteiger partial charge in [0.15, 0.2) is 0 Å². The molecule has 0 saturated heterocycles. The molecule has 2 amide bonds. The summed E-state index contributed by atoms with van der Waals surface area (Å²) in [6.45, 7) is 1.85. The Hall–Kier alpha value is -4.58. The zero-order valence-electron chi connectivity index (χ0n) is 18.9. The summed E-state index contributed by atoms with van der Waals surface area (Å²) in [5.74, 6) is -0.786. The van der Waals surface area contributed by atoms with Crippen LogP contribution in [0.5, 0.6) is 5.75 Å². The number of halogens is 1. The molecule has 0 atom stereocenters. The molecule has 0 radical (unpaired) electrons. The van der Waals surface area contributed by atoms with Crippen molar-refractivity contribution in [2.24, 2.45) is 5.10 Å². The number of fused-ring (bicyclic) bond motifs is 1. The number of nitrogens with zero attached hydrogens (tertiary/aromatic N) is 2. The summed E-state index contributed by atoms with van der Waals surface area (Å²) in [6, 6.07) is 26.3. The zero-order chi connectivity index (χ0) is 24.4. The summed E-state index contributed by atoms with van der Waals surface area (Å²) in [5.41, 5.74) is 2.49. The van der Waals surface area contributed by atoms with Crippen molar-refractivity contribution in [2.45, 2.75) is 13.5 Å². The molecule has 0 fully saturated rings. The van der Waals surface area contributed by atoms with Crippen molar-refractivity contribution >= 4 is 34.4 Å². The quantitative estimate of drug-likeness (QED) is 0.269. The highest BCUT2D eigenvalue weighted by molar-refractivity contribution is 6.31. The van der Waals surface area contributed by atoms with Crippen molar-refractivity contribution in [3.8, 4) is 5.75 Å². The first-order valence-electron chi connectivity index (χ1n) is 11.1. The highest BCUT2D eigenvalue weighted by Crippen LogP contribution is 2.32. The van der Waals surface area contributed by atoms with E-state index in [0.29, 0.717) is 33.7 Å². The fourth-order valence-electron chi connectivity index (χ4n) is 4.01. The molecule has 0 aliphatic carbocycles. The van der Waals surface area contributed by atoms with E-state index in [1.807, 2.05) is 36.4 Å². The Balaban J connectivity index is 1.52. The molecule has 4 aromatic rings. The van der Waals surface area contributed by atoms with Gasteiger partial charge in [0, 0.05) is 11.1 Å². The van der Waals surface area contributed by atoms with Crippen molar-refractivity contribution in [1.29, 1.82) is 0 Å². The van der Waals surface area contributed by atoms with Gasteiger partial charge in [0.05, 0.1) is 11.3 Å². The van der Waals surface area contributed by atoms with Crippen LogP contribution in [0.2, 0.25) is 0 Å². The van der Waals surface area contributed by atoms with Crippen molar-refractivity contribution in [3.63, 3.8) is 0 Å². The van der Waals surface area contributed by atoms with E-state index < -0.39 is 11.8 Å². The number of amides is 2. The summed E-state index contributed by atoms with van der Waals surface area (Å²) >= 11 is 0. The molecular weight excluding hydrogens is 443 g/mol. The lowest BCUT2D eigenvalue weighted by Gasteiger charge is -2.13. The molecule has 0 spiro atoms. The van der Waals surface area contributed by atoms with Gasteiger partial charge in [-0.1, -0.05) is 60.7 Å². The molecule has 35 heavy (non-hydrogen) atoms. The molecule has 6 heteroatoms. The maximum Gasteiger partial charge on any atom is 0.283 e. The van der Waals surface area contributed by atoms with Crippen LogP contribution in [0.15, 0.2) is 102 Å². The standard InChI is InChI=1S/C29H21FN2O3/c1-19-25(29(34)32(31-19)28(33)22-10-3-2-4-11-22)17-26-24-13-6-5-9-21(24)14-15-27(26)35-18-20-8-7-12-23(30)16-20/h2-17H,18H2,1H3/b25-17+. The molecule has 172 valence electrons. The Kier molecular flexibility index (Phi) is 5.94. The normalized spacial score (nSPS) is 14.5. The Bertz CT molecular complexity index is 1510.